The van der Waals surface area contributed by atoms with E-state index in [4.69, 9.17) is 0 Å². The largest absolute Gasteiger partial charge is 0.360 e. The van der Waals surface area contributed by atoms with E-state index >= 15 is 0 Å². The maximum Gasteiger partial charge on any atom is 0.237 e. The molecule has 5 nitrogen and oxygen atoms in total. The molecule has 2 unspecified atom stereocenters. The number of thiophene rings is 1. The molecular weight excluding hydrogens is 332 g/mol. The van der Waals surface area contributed by atoms with Crippen LogP contribution in [0.25, 0.3) is 0 Å². The zero-order valence-corrected chi connectivity index (χ0v) is 15.5. The highest BCUT2D eigenvalue weighted by molar-refractivity contribution is 7.16. The van der Waals surface area contributed by atoms with Gasteiger partial charge in [0.1, 0.15) is 11.1 Å². The van der Waals surface area contributed by atoms with Crippen molar-refractivity contribution in [1.29, 1.82) is 5.26 Å². The van der Waals surface area contributed by atoms with Gasteiger partial charge in [-0.1, -0.05) is 6.42 Å². The summed E-state index contributed by atoms with van der Waals surface area (Å²) < 4.78 is 0. The first-order valence-electron chi connectivity index (χ1n) is 9.59. The topological polar surface area (TPSA) is 68.2 Å². The van der Waals surface area contributed by atoms with Gasteiger partial charge in [0.25, 0.3) is 0 Å². The Bertz CT molecular complexity index is 686. The molecule has 25 heavy (non-hydrogen) atoms. The number of carbonyl (C=O) groups excluding carboxylic acids is 1. The molecular formula is C19H26N4OS. The lowest BCUT2D eigenvalue weighted by atomic mass is 9.96. The zero-order valence-electron chi connectivity index (χ0n) is 14.6. The monoisotopic (exact) mass is 358 g/mol. The molecule has 0 saturated carbocycles. The molecule has 0 radical (unpaired) electrons. The van der Waals surface area contributed by atoms with Gasteiger partial charge in [0.2, 0.25) is 5.91 Å². The predicted octanol–water partition coefficient (Wildman–Crippen LogP) is 2.34. The molecule has 4 rings (SSSR count). The standard InChI is InChI=1S/C19H26N4OS/c20-11-15-14-5-1-2-7-17(14)25-19(15)23-10-8-13(12-23)22-18(24)16-6-3-4-9-21-16/h13,16,21H,1-10,12H2,(H,22,24). The fourth-order valence-electron chi connectivity index (χ4n) is 4.33. The van der Waals surface area contributed by atoms with Gasteiger partial charge in [0.15, 0.2) is 0 Å². The first-order valence-corrected chi connectivity index (χ1v) is 10.4. The van der Waals surface area contributed by atoms with E-state index < -0.39 is 0 Å². The van der Waals surface area contributed by atoms with Crippen molar-refractivity contribution >= 4 is 22.2 Å². The molecule has 0 bridgehead atoms. The molecule has 1 aromatic heterocycles. The number of aryl methyl sites for hydroxylation is 1. The van der Waals surface area contributed by atoms with E-state index in [-0.39, 0.29) is 18.0 Å². The maximum absolute atomic E-state index is 12.4. The van der Waals surface area contributed by atoms with E-state index in [0.29, 0.717) is 0 Å². The van der Waals surface area contributed by atoms with E-state index in [1.807, 2.05) is 11.3 Å². The van der Waals surface area contributed by atoms with Crippen molar-refractivity contribution in [3.8, 4) is 6.07 Å². The minimum absolute atomic E-state index is 0.0217. The average Bonchev–Trinajstić information content (AvgIpc) is 3.26. The zero-order chi connectivity index (χ0) is 17.2. The third-order valence-corrected chi connectivity index (χ3v) is 7.07. The summed E-state index contributed by atoms with van der Waals surface area (Å²) in [6, 6.07) is 2.63. The molecule has 2 fully saturated rings. The third kappa shape index (κ3) is 3.40. The predicted molar refractivity (Wildman–Crippen MR) is 100 cm³/mol. The second-order valence-corrected chi connectivity index (χ2v) is 8.53. The fraction of sp³-hybridized carbons (Fsp3) is 0.684. The number of nitrogens with zero attached hydrogens (tertiary/aromatic N) is 2. The number of amides is 1. The maximum atomic E-state index is 12.4. The van der Waals surface area contributed by atoms with Crippen molar-refractivity contribution in [2.75, 3.05) is 24.5 Å². The molecule has 6 heteroatoms. The number of nitrogens with one attached hydrogen (secondary N) is 2. The van der Waals surface area contributed by atoms with Crippen molar-refractivity contribution in [3.63, 3.8) is 0 Å². The number of hydrogen-bond donors (Lipinski definition) is 2. The highest BCUT2D eigenvalue weighted by Gasteiger charge is 2.31. The van der Waals surface area contributed by atoms with E-state index in [9.17, 15) is 10.1 Å². The Balaban J connectivity index is 1.42. The van der Waals surface area contributed by atoms with Crippen LogP contribution in [0.5, 0.6) is 0 Å². The minimum atomic E-state index is -0.0217. The number of hydrogen-bond acceptors (Lipinski definition) is 5. The van der Waals surface area contributed by atoms with Crippen LogP contribution < -0.4 is 15.5 Å². The van der Waals surface area contributed by atoms with Crippen molar-refractivity contribution in [1.82, 2.24) is 10.6 Å². The van der Waals surface area contributed by atoms with Gasteiger partial charge in [-0.2, -0.15) is 5.26 Å². The summed E-state index contributed by atoms with van der Waals surface area (Å²) in [5.41, 5.74) is 2.20. The van der Waals surface area contributed by atoms with Crippen LogP contribution in [0.1, 0.15) is 54.5 Å². The summed E-state index contributed by atoms with van der Waals surface area (Å²) in [5.74, 6) is 0.150. The van der Waals surface area contributed by atoms with Crippen LogP contribution in [-0.2, 0) is 17.6 Å². The summed E-state index contributed by atoms with van der Waals surface area (Å²) in [4.78, 5) is 16.2. The Morgan fingerprint density at radius 3 is 2.92 bits per heavy atom. The molecule has 134 valence electrons. The summed E-state index contributed by atoms with van der Waals surface area (Å²) in [6.07, 6.45) is 8.82. The van der Waals surface area contributed by atoms with Crippen LogP contribution in [0.3, 0.4) is 0 Å². The number of rotatable bonds is 3. The summed E-state index contributed by atoms with van der Waals surface area (Å²) in [7, 11) is 0. The minimum Gasteiger partial charge on any atom is -0.360 e. The second-order valence-electron chi connectivity index (χ2n) is 7.45. The van der Waals surface area contributed by atoms with Gasteiger partial charge in [-0.15, -0.1) is 11.3 Å². The van der Waals surface area contributed by atoms with Gasteiger partial charge in [-0.25, -0.2) is 0 Å². The lowest BCUT2D eigenvalue weighted by Crippen LogP contribution is -2.50. The van der Waals surface area contributed by atoms with Gasteiger partial charge in [0.05, 0.1) is 11.6 Å². The third-order valence-electron chi connectivity index (χ3n) is 5.71. The number of anilines is 1. The van der Waals surface area contributed by atoms with E-state index in [1.165, 1.54) is 29.7 Å². The SMILES string of the molecule is N#Cc1c(N2CCC(NC(=O)C3CCCCN3)C2)sc2c1CCCC2. The van der Waals surface area contributed by atoms with Crippen LogP contribution >= 0.6 is 11.3 Å². The Labute approximate surface area is 153 Å². The highest BCUT2D eigenvalue weighted by atomic mass is 32.1. The molecule has 2 saturated heterocycles. The number of piperidine rings is 1. The summed E-state index contributed by atoms with van der Waals surface area (Å²) in [5, 5.41) is 17.3. The lowest BCUT2D eigenvalue weighted by Gasteiger charge is -2.24. The number of fused-ring (bicyclic) bond motifs is 1. The first-order chi connectivity index (χ1) is 12.3. The molecule has 3 aliphatic rings. The highest BCUT2D eigenvalue weighted by Crippen LogP contribution is 2.40. The molecule has 1 amide bonds. The molecule has 2 N–H and O–H groups in total. The summed E-state index contributed by atoms with van der Waals surface area (Å²) >= 11 is 1.81. The van der Waals surface area contributed by atoms with E-state index in [1.54, 1.807) is 0 Å². The van der Waals surface area contributed by atoms with Crippen LogP contribution in [0, 0.1) is 11.3 Å². The van der Waals surface area contributed by atoms with Gasteiger partial charge < -0.3 is 15.5 Å². The number of nitriles is 1. The molecule has 0 spiro atoms. The van der Waals surface area contributed by atoms with Gasteiger partial charge >= 0.3 is 0 Å². The fourth-order valence-corrected chi connectivity index (χ4v) is 5.70. The van der Waals surface area contributed by atoms with Crippen LogP contribution in [-0.4, -0.2) is 37.6 Å². The normalized spacial score (nSPS) is 26.1. The smallest absolute Gasteiger partial charge is 0.237 e. The number of carbonyl (C=O) groups is 1. The van der Waals surface area contributed by atoms with Gasteiger partial charge in [-0.05, 0) is 57.1 Å². The quantitative estimate of drug-likeness (QED) is 0.870. The summed E-state index contributed by atoms with van der Waals surface area (Å²) in [6.45, 7) is 2.70. The van der Waals surface area contributed by atoms with Crippen LogP contribution in [0.4, 0.5) is 5.00 Å². The molecule has 1 aliphatic carbocycles. The van der Waals surface area contributed by atoms with Gasteiger partial charge in [-0.3, -0.25) is 4.79 Å². The van der Waals surface area contributed by atoms with E-state index in [2.05, 4.69) is 21.6 Å². The molecule has 1 aromatic rings. The molecule has 3 heterocycles. The van der Waals surface area contributed by atoms with Crippen molar-refractivity contribution in [2.45, 2.75) is 63.5 Å². The Morgan fingerprint density at radius 2 is 2.12 bits per heavy atom. The van der Waals surface area contributed by atoms with Gasteiger partial charge in [0, 0.05) is 24.0 Å². The Hall–Kier alpha value is -1.58. The lowest BCUT2D eigenvalue weighted by molar-refractivity contribution is -0.124. The average molecular weight is 359 g/mol. The van der Waals surface area contributed by atoms with Crippen LogP contribution in [0.15, 0.2) is 0 Å². The van der Waals surface area contributed by atoms with Crippen LogP contribution in [0.2, 0.25) is 0 Å². The Morgan fingerprint density at radius 1 is 1.24 bits per heavy atom. The van der Waals surface area contributed by atoms with E-state index in [0.717, 1.165) is 62.3 Å². The Kier molecular flexibility index (Phi) is 4.96. The molecule has 0 aromatic carbocycles. The van der Waals surface area contributed by atoms with Crippen molar-refractivity contribution < 1.29 is 4.79 Å². The van der Waals surface area contributed by atoms with Crippen molar-refractivity contribution in [2.24, 2.45) is 0 Å². The van der Waals surface area contributed by atoms with Crippen molar-refractivity contribution in [3.05, 3.63) is 16.0 Å². The molecule has 2 aliphatic heterocycles. The first kappa shape index (κ1) is 16.9. The second kappa shape index (κ2) is 7.35. The molecule has 2 atom stereocenters.